The number of H-pyrrole nitrogens is 1. The van der Waals surface area contributed by atoms with Crippen molar-refractivity contribution in [2.75, 3.05) is 6.54 Å². The van der Waals surface area contributed by atoms with Crippen LogP contribution in [0.5, 0.6) is 0 Å². The fourth-order valence-electron chi connectivity index (χ4n) is 2.76. The minimum absolute atomic E-state index is 0. The Hall–Kier alpha value is -1.07. The number of halogens is 1. The lowest BCUT2D eigenvalue weighted by Gasteiger charge is -2.12. The van der Waals surface area contributed by atoms with Gasteiger partial charge in [-0.05, 0) is 18.8 Å². The van der Waals surface area contributed by atoms with Crippen molar-refractivity contribution in [2.24, 2.45) is 5.92 Å². The Morgan fingerprint density at radius 1 is 1.53 bits per heavy atom. The third kappa shape index (κ3) is 2.92. The van der Waals surface area contributed by atoms with E-state index in [1.807, 2.05) is 0 Å². The molecule has 1 aromatic heterocycles. The van der Waals surface area contributed by atoms with Gasteiger partial charge in [-0.1, -0.05) is 13.3 Å². The van der Waals surface area contributed by atoms with Gasteiger partial charge in [0.15, 0.2) is 5.69 Å². The van der Waals surface area contributed by atoms with Crippen LogP contribution >= 0.6 is 12.4 Å². The highest BCUT2D eigenvalue weighted by Gasteiger charge is 2.38. The molecule has 2 heterocycles. The van der Waals surface area contributed by atoms with Crippen molar-refractivity contribution in [1.29, 1.82) is 0 Å². The van der Waals surface area contributed by atoms with Gasteiger partial charge in [-0.3, -0.25) is 9.89 Å². The summed E-state index contributed by atoms with van der Waals surface area (Å²) in [5.41, 5.74) is 2.74. The molecular weight excluding hydrogens is 264 g/mol. The molecule has 0 radical (unpaired) electrons. The minimum Gasteiger partial charge on any atom is -0.348 e. The molecule has 1 saturated carbocycles. The summed E-state index contributed by atoms with van der Waals surface area (Å²) in [6.45, 7) is 3.89. The average Bonchev–Trinajstić information content (AvgIpc) is 2.95. The maximum atomic E-state index is 12.2. The van der Waals surface area contributed by atoms with E-state index in [2.05, 4.69) is 27.8 Å². The van der Waals surface area contributed by atoms with Crippen molar-refractivity contribution < 1.29 is 4.79 Å². The van der Waals surface area contributed by atoms with Crippen molar-refractivity contribution in [2.45, 2.75) is 45.2 Å². The number of aromatic amines is 1. The van der Waals surface area contributed by atoms with Crippen molar-refractivity contribution >= 4 is 18.3 Å². The molecule has 0 bridgehead atoms. The first-order chi connectivity index (χ1) is 8.79. The molecule has 2 unspecified atom stereocenters. The Morgan fingerprint density at radius 3 is 3.16 bits per heavy atom. The molecule has 1 aromatic rings. The van der Waals surface area contributed by atoms with Gasteiger partial charge in [-0.25, -0.2) is 0 Å². The summed E-state index contributed by atoms with van der Waals surface area (Å²) in [6.07, 6.45) is 4.46. The molecule has 1 aliphatic heterocycles. The summed E-state index contributed by atoms with van der Waals surface area (Å²) in [4.78, 5) is 12.2. The van der Waals surface area contributed by atoms with E-state index in [9.17, 15) is 4.79 Å². The Morgan fingerprint density at radius 2 is 2.37 bits per heavy atom. The lowest BCUT2D eigenvalue weighted by molar-refractivity contribution is 0.0942. The highest BCUT2D eigenvalue weighted by molar-refractivity contribution is 5.94. The Balaban J connectivity index is 0.00000133. The second-order valence-corrected chi connectivity index (χ2v) is 5.32. The fourth-order valence-corrected chi connectivity index (χ4v) is 2.76. The van der Waals surface area contributed by atoms with E-state index in [-0.39, 0.29) is 18.3 Å². The van der Waals surface area contributed by atoms with Crippen molar-refractivity contribution in [1.82, 2.24) is 20.8 Å². The number of nitrogens with one attached hydrogen (secondary N) is 3. The monoisotopic (exact) mass is 284 g/mol. The van der Waals surface area contributed by atoms with Crippen LogP contribution in [0.3, 0.4) is 0 Å². The van der Waals surface area contributed by atoms with E-state index < -0.39 is 0 Å². The predicted octanol–water partition coefficient (Wildman–Crippen LogP) is 1.40. The summed E-state index contributed by atoms with van der Waals surface area (Å²) in [5, 5.41) is 13.5. The first-order valence-electron chi connectivity index (χ1n) is 6.87. The zero-order valence-corrected chi connectivity index (χ0v) is 12.0. The first-order valence-corrected chi connectivity index (χ1v) is 6.87. The summed E-state index contributed by atoms with van der Waals surface area (Å²) < 4.78 is 0. The molecule has 2 atom stereocenters. The number of hydrogen-bond donors (Lipinski definition) is 3. The molecule has 3 rings (SSSR count). The summed E-state index contributed by atoms with van der Waals surface area (Å²) in [5.74, 6) is 0.673. The SMILES string of the molecule is CCCC1CC1NC(=O)c1n[nH]c2c1CNCC2.Cl. The first kappa shape index (κ1) is 14.3. The molecule has 1 amide bonds. The lowest BCUT2D eigenvalue weighted by atomic mass is 10.1. The standard InChI is InChI=1S/C13H20N4O.ClH/c1-2-3-8-6-11(8)15-13(18)12-9-7-14-5-4-10(9)16-17-12;/h8,11,14H,2-7H2,1H3,(H,15,18)(H,16,17);1H. The quantitative estimate of drug-likeness (QED) is 0.783. The number of nitrogens with zero attached hydrogens (tertiary/aromatic N) is 1. The predicted molar refractivity (Wildman–Crippen MR) is 75.5 cm³/mol. The van der Waals surface area contributed by atoms with Crippen LogP contribution in [0.25, 0.3) is 0 Å². The second-order valence-electron chi connectivity index (χ2n) is 5.32. The smallest absolute Gasteiger partial charge is 0.272 e. The molecule has 0 spiro atoms. The number of amides is 1. The van der Waals surface area contributed by atoms with E-state index in [1.54, 1.807) is 0 Å². The zero-order chi connectivity index (χ0) is 12.5. The van der Waals surface area contributed by atoms with Crippen LogP contribution in [-0.2, 0) is 13.0 Å². The second kappa shape index (κ2) is 5.92. The number of rotatable bonds is 4. The molecular formula is C13H21ClN4O. The largest absolute Gasteiger partial charge is 0.348 e. The Kier molecular flexibility index (Phi) is 4.47. The molecule has 0 saturated heterocycles. The van der Waals surface area contributed by atoms with E-state index in [0.717, 1.165) is 37.2 Å². The third-order valence-corrected chi connectivity index (χ3v) is 3.92. The number of aromatic nitrogens is 2. The third-order valence-electron chi connectivity index (χ3n) is 3.92. The van der Waals surface area contributed by atoms with Gasteiger partial charge in [0.2, 0.25) is 0 Å². The van der Waals surface area contributed by atoms with Crippen LogP contribution < -0.4 is 10.6 Å². The van der Waals surface area contributed by atoms with E-state index in [0.29, 0.717) is 17.7 Å². The highest BCUT2D eigenvalue weighted by Crippen LogP contribution is 2.34. The Labute approximate surface area is 119 Å². The van der Waals surface area contributed by atoms with Gasteiger partial charge >= 0.3 is 0 Å². The molecule has 1 aliphatic carbocycles. The van der Waals surface area contributed by atoms with Gasteiger partial charge in [0, 0.05) is 36.8 Å². The number of hydrogen-bond acceptors (Lipinski definition) is 3. The van der Waals surface area contributed by atoms with E-state index in [4.69, 9.17) is 0 Å². The van der Waals surface area contributed by atoms with Crippen LogP contribution in [-0.4, -0.2) is 28.7 Å². The van der Waals surface area contributed by atoms with E-state index >= 15 is 0 Å². The number of carbonyl (C=O) groups is 1. The van der Waals surface area contributed by atoms with Crippen molar-refractivity contribution in [3.8, 4) is 0 Å². The topological polar surface area (TPSA) is 69.8 Å². The fraction of sp³-hybridized carbons (Fsp3) is 0.692. The maximum Gasteiger partial charge on any atom is 0.272 e. The highest BCUT2D eigenvalue weighted by atomic mass is 35.5. The molecule has 2 aliphatic rings. The van der Waals surface area contributed by atoms with Crippen LogP contribution in [0.1, 0.15) is 47.9 Å². The zero-order valence-electron chi connectivity index (χ0n) is 11.2. The van der Waals surface area contributed by atoms with Crippen LogP contribution in [0.4, 0.5) is 0 Å². The van der Waals surface area contributed by atoms with Crippen molar-refractivity contribution in [3.63, 3.8) is 0 Å². The molecule has 6 heteroatoms. The van der Waals surface area contributed by atoms with Crippen LogP contribution in [0.15, 0.2) is 0 Å². The van der Waals surface area contributed by atoms with Gasteiger partial charge in [-0.2, -0.15) is 5.10 Å². The number of fused-ring (bicyclic) bond motifs is 1. The number of carbonyl (C=O) groups excluding carboxylic acids is 1. The minimum atomic E-state index is -0.0141. The average molecular weight is 285 g/mol. The van der Waals surface area contributed by atoms with Gasteiger partial charge in [0.05, 0.1) is 0 Å². The van der Waals surface area contributed by atoms with Crippen LogP contribution in [0.2, 0.25) is 0 Å². The van der Waals surface area contributed by atoms with E-state index in [1.165, 1.54) is 12.8 Å². The van der Waals surface area contributed by atoms with Gasteiger partial charge < -0.3 is 10.6 Å². The summed E-state index contributed by atoms with van der Waals surface area (Å²) in [7, 11) is 0. The molecule has 3 N–H and O–H groups in total. The summed E-state index contributed by atoms with van der Waals surface area (Å²) in [6, 6.07) is 0.376. The maximum absolute atomic E-state index is 12.2. The lowest BCUT2D eigenvalue weighted by Crippen LogP contribution is -2.30. The molecule has 106 valence electrons. The molecule has 19 heavy (non-hydrogen) atoms. The van der Waals surface area contributed by atoms with Crippen molar-refractivity contribution in [3.05, 3.63) is 17.0 Å². The van der Waals surface area contributed by atoms with Gasteiger partial charge in [0.1, 0.15) is 0 Å². The van der Waals surface area contributed by atoms with Gasteiger partial charge in [0.25, 0.3) is 5.91 Å². The molecule has 1 fully saturated rings. The molecule has 5 nitrogen and oxygen atoms in total. The van der Waals surface area contributed by atoms with Crippen LogP contribution in [0, 0.1) is 5.92 Å². The summed E-state index contributed by atoms with van der Waals surface area (Å²) >= 11 is 0. The van der Waals surface area contributed by atoms with Gasteiger partial charge in [-0.15, -0.1) is 12.4 Å². The Bertz CT molecular complexity index is 459. The normalized spacial score (nSPS) is 24.3. The molecule has 0 aromatic carbocycles.